The summed E-state index contributed by atoms with van der Waals surface area (Å²) in [5.74, 6) is 0.0510. The summed E-state index contributed by atoms with van der Waals surface area (Å²) in [6, 6.07) is 13.9. The number of amides is 1. The Morgan fingerprint density at radius 2 is 1.78 bits per heavy atom. The maximum absolute atomic E-state index is 12.6. The molecule has 1 aliphatic rings. The molecule has 0 unspecified atom stereocenters. The van der Waals surface area contributed by atoms with Gasteiger partial charge >= 0.3 is 0 Å². The van der Waals surface area contributed by atoms with Crippen molar-refractivity contribution in [3.63, 3.8) is 0 Å². The summed E-state index contributed by atoms with van der Waals surface area (Å²) in [4.78, 5) is 17.2. The van der Waals surface area contributed by atoms with E-state index >= 15 is 0 Å². The Bertz CT molecular complexity index is 800. The topological polar surface area (TPSA) is 35.6 Å². The van der Waals surface area contributed by atoms with Crippen LogP contribution < -0.4 is 10.2 Å². The lowest BCUT2D eigenvalue weighted by molar-refractivity contribution is -0.126. The molecule has 27 heavy (non-hydrogen) atoms. The fraction of sp³-hybridized carbons (Fsp3) is 0.409. The lowest BCUT2D eigenvalue weighted by atomic mass is 10.1. The van der Waals surface area contributed by atoms with Gasteiger partial charge in [-0.15, -0.1) is 0 Å². The van der Waals surface area contributed by atoms with Gasteiger partial charge in [0.2, 0.25) is 5.91 Å². The van der Waals surface area contributed by atoms with E-state index < -0.39 is 0 Å². The van der Waals surface area contributed by atoms with Crippen LogP contribution in [0.2, 0.25) is 5.02 Å². The molecule has 2 aromatic rings. The monoisotopic (exact) mass is 385 g/mol. The van der Waals surface area contributed by atoms with Crippen LogP contribution in [0.1, 0.15) is 23.6 Å². The van der Waals surface area contributed by atoms with Crippen LogP contribution >= 0.6 is 11.6 Å². The third kappa shape index (κ3) is 4.63. The first-order chi connectivity index (χ1) is 13.0. The molecule has 1 atom stereocenters. The minimum Gasteiger partial charge on any atom is -0.369 e. The van der Waals surface area contributed by atoms with Crippen LogP contribution in [0.5, 0.6) is 0 Å². The summed E-state index contributed by atoms with van der Waals surface area (Å²) in [5, 5.41) is 3.71. The van der Waals surface area contributed by atoms with Crippen molar-refractivity contribution in [3.05, 3.63) is 64.2 Å². The predicted molar refractivity (Wildman–Crippen MR) is 112 cm³/mol. The van der Waals surface area contributed by atoms with Crippen molar-refractivity contribution in [2.45, 2.75) is 33.4 Å². The lowest BCUT2D eigenvalue weighted by Crippen LogP contribution is -2.54. The SMILES string of the molecule is Cc1cccc(N2CCN([C@@H](C)C(=O)NCc3ccccc3Cl)CC2)c1C. The summed E-state index contributed by atoms with van der Waals surface area (Å²) in [7, 11) is 0. The zero-order chi connectivity index (χ0) is 19.4. The summed E-state index contributed by atoms with van der Waals surface area (Å²) in [6.07, 6.45) is 0. The number of carbonyl (C=O) groups is 1. The van der Waals surface area contributed by atoms with Crippen LogP contribution in [-0.2, 0) is 11.3 Å². The van der Waals surface area contributed by atoms with Gasteiger partial charge in [-0.3, -0.25) is 9.69 Å². The average Bonchev–Trinajstić information content (AvgIpc) is 2.69. The second-order valence-corrected chi connectivity index (χ2v) is 7.63. The summed E-state index contributed by atoms with van der Waals surface area (Å²) in [6.45, 7) is 10.4. The molecule has 0 bridgehead atoms. The number of nitrogens with one attached hydrogen (secondary N) is 1. The van der Waals surface area contributed by atoms with Gasteiger partial charge in [0.25, 0.3) is 0 Å². The second-order valence-electron chi connectivity index (χ2n) is 7.23. The molecule has 2 aromatic carbocycles. The average molecular weight is 386 g/mol. The molecule has 0 aromatic heterocycles. The van der Waals surface area contributed by atoms with Crippen LogP contribution in [0.4, 0.5) is 5.69 Å². The summed E-state index contributed by atoms with van der Waals surface area (Å²) < 4.78 is 0. The molecule has 1 N–H and O–H groups in total. The summed E-state index contributed by atoms with van der Waals surface area (Å²) >= 11 is 6.17. The molecule has 144 valence electrons. The maximum Gasteiger partial charge on any atom is 0.237 e. The van der Waals surface area contributed by atoms with E-state index in [0.717, 1.165) is 31.7 Å². The molecule has 1 heterocycles. The number of carbonyl (C=O) groups excluding carboxylic acids is 1. The van der Waals surface area contributed by atoms with Gasteiger partial charge in [-0.2, -0.15) is 0 Å². The van der Waals surface area contributed by atoms with E-state index in [4.69, 9.17) is 11.6 Å². The van der Waals surface area contributed by atoms with E-state index in [0.29, 0.717) is 11.6 Å². The predicted octanol–water partition coefficient (Wildman–Crippen LogP) is 3.78. The Hall–Kier alpha value is -2.04. The number of piperazine rings is 1. The highest BCUT2D eigenvalue weighted by Crippen LogP contribution is 2.24. The molecule has 1 fully saturated rings. The van der Waals surface area contributed by atoms with Crippen LogP contribution in [0, 0.1) is 13.8 Å². The molecule has 0 saturated carbocycles. The Morgan fingerprint density at radius 3 is 2.48 bits per heavy atom. The standard InChI is InChI=1S/C22H28ClN3O/c1-16-7-6-10-21(17(16)2)26-13-11-25(12-14-26)18(3)22(27)24-15-19-8-4-5-9-20(19)23/h4-10,18H,11-15H2,1-3H3,(H,24,27)/t18-/m0/s1. The van der Waals surface area contributed by atoms with E-state index in [9.17, 15) is 4.79 Å². The third-order valence-corrected chi connectivity index (χ3v) is 5.94. The van der Waals surface area contributed by atoms with Crippen molar-refractivity contribution in [1.29, 1.82) is 0 Å². The van der Waals surface area contributed by atoms with E-state index in [1.165, 1.54) is 16.8 Å². The van der Waals surface area contributed by atoms with Crippen LogP contribution in [0.25, 0.3) is 0 Å². The number of anilines is 1. The number of hydrogen-bond acceptors (Lipinski definition) is 3. The molecule has 1 aliphatic heterocycles. The van der Waals surface area contributed by atoms with Crippen LogP contribution in [0.3, 0.4) is 0 Å². The fourth-order valence-electron chi connectivity index (χ4n) is 3.57. The quantitative estimate of drug-likeness (QED) is 0.850. The van der Waals surface area contributed by atoms with Crippen LogP contribution in [-0.4, -0.2) is 43.0 Å². The highest BCUT2D eigenvalue weighted by molar-refractivity contribution is 6.31. The molecular formula is C22H28ClN3O. The van der Waals surface area contributed by atoms with Crippen molar-refractivity contribution >= 4 is 23.2 Å². The minimum atomic E-state index is -0.145. The molecule has 0 radical (unpaired) electrons. The number of hydrogen-bond donors (Lipinski definition) is 1. The van der Waals surface area contributed by atoms with Gasteiger partial charge < -0.3 is 10.2 Å². The third-order valence-electron chi connectivity index (χ3n) is 5.57. The van der Waals surface area contributed by atoms with E-state index in [1.807, 2.05) is 31.2 Å². The van der Waals surface area contributed by atoms with Gasteiger partial charge in [0.05, 0.1) is 6.04 Å². The van der Waals surface area contributed by atoms with E-state index in [2.05, 4.69) is 47.2 Å². The highest BCUT2D eigenvalue weighted by Gasteiger charge is 2.26. The largest absolute Gasteiger partial charge is 0.369 e. The van der Waals surface area contributed by atoms with Crippen molar-refractivity contribution in [2.24, 2.45) is 0 Å². The minimum absolute atomic E-state index is 0.0510. The Labute approximate surface area is 167 Å². The maximum atomic E-state index is 12.6. The van der Waals surface area contributed by atoms with Crippen molar-refractivity contribution in [1.82, 2.24) is 10.2 Å². The number of benzene rings is 2. The van der Waals surface area contributed by atoms with Crippen molar-refractivity contribution < 1.29 is 4.79 Å². The van der Waals surface area contributed by atoms with Gasteiger partial charge in [0.1, 0.15) is 0 Å². The van der Waals surface area contributed by atoms with E-state index in [1.54, 1.807) is 0 Å². The first-order valence-corrected chi connectivity index (χ1v) is 9.91. The fourth-order valence-corrected chi connectivity index (χ4v) is 3.77. The zero-order valence-electron chi connectivity index (χ0n) is 16.3. The molecule has 5 heteroatoms. The molecule has 0 aliphatic carbocycles. The number of rotatable bonds is 5. The number of nitrogens with zero attached hydrogens (tertiary/aromatic N) is 2. The molecular weight excluding hydrogens is 358 g/mol. The van der Waals surface area contributed by atoms with Crippen molar-refractivity contribution in [3.8, 4) is 0 Å². The highest BCUT2D eigenvalue weighted by atomic mass is 35.5. The molecule has 1 amide bonds. The normalized spacial score (nSPS) is 16.2. The van der Waals surface area contributed by atoms with Gasteiger partial charge in [-0.1, -0.05) is 41.9 Å². The van der Waals surface area contributed by atoms with Crippen molar-refractivity contribution in [2.75, 3.05) is 31.1 Å². The smallest absolute Gasteiger partial charge is 0.237 e. The second kappa shape index (κ2) is 8.77. The first-order valence-electron chi connectivity index (χ1n) is 9.53. The first kappa shape index (κ1) is 19.7. The molecule has 4 nitrogen and oxygen atoms in total. The van der Waals surface area contributed by atoms with Gasteiger partial charge in [0, 0.05) is 43.4 Å². The molecule has 3 rings (SSSR count). The van der Waals surface area contributed by atoms with Gasteiger partial charge in [0.15, 0.2) is 0 Å². The van der Waals surface area contributed by atoms with Gasteiger partial charge in [-0.25, -0.2) is 0 Å². The summed E-state index contributed by atoms with van der Waals surface area (Å²) in [5.41, 5.74) is 4.92. The van der Waals surface area contributed by atoms with Gasteiger partial charge in [-0.05, 0) is 49.6 Å². The molecule has 0 spiro atoms. The lowest BCUT2D eigenvalue weighted by Gasteiger charge is -2.39. The Morgan fingerprint density at radius 1 is 1.07 bits per heavy atom. The zero-order valence-corrected chi connectivity index (χ0v) is 17.1. The number of halogens is 1. The van der Waals surface area contributed by atoms with E-state index in [-0.39, 0.29) is 11.9 Å². The van der Waals surface area contributed by atoms with Crippen LogP contribution in [0.15, 0.2) is 42.5 Å². The molecule has 1 saturated heterocycles. The number of aryl methyl sites for hydroxylation is 1. The Balaban J connectivity index is 1.53. The Kier molecular flexibility index (Phi) is 6.40.